The molecule has 0 spiro atoms. The highest BCUT2D eigenvalue weighted by Gasteiger charge is 2.42. The molecule has 0 bridgehead atoms. The fourth-order valence-corrected chi connectivity index (χ4v) is 3.98. The third-order valence-electron chi connectivity index (χ3n) is 5.43. The maximum Gasteiger partial charge on any atom is 0.263 e. The summed E-state index contributed by atoms with van der Waals surface area (Å²) in [5.74, 6) is -0.562. The Kier molecular flexibility index (Phi) is 3.98. The minimum absolute atomic E-state index is 0.266. The summed E-state index contributed by atoms with van der Waals surface area (Å²) in [5, 5.41) is 0. The highest BCUT2D eigenvalue weighted by atomic mass is 16.2. The van der Waals surface area contributed by atoms with Gasteiger partial charge in [-0.25, -0.2) is 0 Å². The van der Waals surface area contributed by atoms with Crippen LogP contribution in [0, 0.1) is 0 Å². The van der Waals surface area contributed by atoms with E-state index in [2.05, 4.69) is 4.98 Å². The number of nitrogens with zero attached hydrogens (tertiary/aromatic N) is 4. The maximum absolute atomic E-state index is 13.0. The SMILES string of the molecule is CN1c2ccccc2C(c2ccccn2)=NCC1N1C(=O)c2ccccc2C1=O. The van der Waals surface area contributed by atoms with Crippen molar-refractivity contribution in [3.8, 4) is 0 Å². The number of rotatable bonds is 2. The molecule has 0 fully saturated rings. The number of hydrogen-bond donors (Lipinski definition) is 0. The number of aromatic nitrogens is 1. The Hall–Kier alpha value is -3.80. The van der Waals surface area contributed by atoms with Gasteiger partial charge in [-0.3, -0.25) is 24.5 Å². The molecule has 2 amide bonds. The van der Waals surface area contributed by atoms with Crippen LogP contribution < -0.4 is 4.90 Å². The second kappa shape index (κ2) is 6.67. The van der Waals surface area contributed by atoms with Crippen molar-refractivity contribution in [1.29, 1.82) is 0 Å². The minimum atomic E-state index is -0.523. The number of aliphatic imine (C=N–C) groups is 1. The van der Waals surface area contributed by atoms with E-state index in [4.69, 9.17) is 4.99 Å². The van der Waals surface area contributed by atoms with E-state index in [9.17, 15) is 9.59 Å². The van der Waals surface area contributed by atoms with Gasteiger partial charge >= 0.3 is 0 Å². The second-order valence-electron chi connectivity index (χ2n) is 7.04. The summed E-state index contributed by atoms with van der Waals surface area (Å²) in [7, 11) is 1.89. The average Bonchev–Trinajstić information content (AvgIpc) is 2.93. The zero-order valence-electron chi connectivity index (χ0n) is 15.8. The van der Waals surface area contributed by atoms with Gasteiger partial charge < -0.3 is 4.90 Å². The van der Waals surface area contributed by atoms with Crippen molar-refractivity contribution in [3.05, 3.63) is 95.3 Å². The molecule has 142 valence electrons. The van der Waals surface area contributed by atoms with E-state index in [1.54, 1.807) is 30.5 Å². The van der Waals surface area contributed by atoms with Gasteiger partial charge in [0.25, 0.3) is 11.8 Å². The smallest absolute Gasteiger partial charge is 0.263 e. The van der Waals surface area contributed by atoms with Gasteiger partial charge in [0, 0.05) is 24.5 Å². The third kappa shape index (κ3) is 2.64. The Morgan fingerprint density at radius 3 is 2.10 bits per heavy atom. The molecule has 3 aromatic rings. The van der Waals surface area contributed by atoms with Crippen LogP contribution in [-0.2, 0) is 0 Å². The quantitative estimate of drug-likeness (QED) is 0.639. The topological polar surface area (TPSA) is 65.9 Å². The minimum Gasteiger partial charge on any atom is -0.352 e. The monoisotopic (exact) mass is 382 g/mol. The van der Waals surface area contributed by atoms with Crippen LogP contribution in [0.4, 0.5) is 5.69 Å². The predicted octanol–water partition coefficient (Wildman–Crippen LogP) is 2.99. The summed E-state index contributed by atoms with van der Waals surface area (Å²) in [6.07, 6.45) is 1.21. The first-order valence-corrected chi connectivity index (χ1v) is 9.42. The van der Waals surface area contributed by atoms with Crippen LogP contribution in [0.2, 0.25) is 0 Å². The van der Waals surface area contributed by atoms with E-state index in [1.165, 1.54) is 4.90 Å². The number of pyridine rings is 1. The molecule has 2 aliphatic rings. The van der Waals surface area contributed by atoms with Crippen molar-refractivity contribution in [2.24, 2.45) is 4.99 Å². The summed E-state index contributed by atoms with van der Waals surface area (Å²) in [6.45, 7) is 0.266. The molecule has 0 aliphatic carbocycles. The largest absolute Gasteiger partial charge is 0.352 e. The van der Waals surface area contributed by atoms with Gasteiger partial charge in [0.2, 0.25) is 0 Å². The molecule has 2 aliphatic heterocycles. The van der Waals surface area contributed by atoms with E-state index in [-0.39, 0.29) is 18.4 Å². The lowest BCUT2D eigenvalue weighted by Crippen LogP contribution is -2.51. The Morgan fingerprint density at radius 1 is 0.828 bits per heavy atom. The van der Waals surface area contributed by atoms with E-state index in [0.717, 1.165) is 22.7 Å². The number of anilines is 1. The lowest BCUT2D eigenvalue weighted by atomic mass is 10.0. The van der Waals surface area contributed by atoms with Gasteiger partial charge in [-0.2, -0.15) is 0 Å². The first kappa shape index (κ1) is 17.3. The molecular weight excluding hydrogens is 364 g/mol. The molecule has 1 atom stereocenters. The zero-order chi connectivity index (χ0) is 20.0. The summed E-state index contributed by atoms with van der Waals surface area (Å²) < 4.78 is 0. The van der Waals surface area contributed by atoms with Gasteiger partial charge in [0.1, 0.15) is 6.17 Å². The average molecular weight is 382 g/mol. The highest BCUT2D eigenvalue weighted by molar-refractivity contribution is 6.22. The summed E-state index contributed by atoms with van der Waals surface area (Å²) in [4.78, 5) is 38.6. The molecule has 0 saturated heterocycles. The molecule has 29 heavy (non-hydrogen) atoms. The fraction of sp³-hybridized carbons (Fsp3) is 0.130. The number of amides is 2. The number of carbonyl (C=O) groups is 2. The molecule has 6 nitrogen and oxygen atoms in total. The first-order valence-electron chi connectivity index (χ1n) is 9.42. The lowest BCUT2D eigenvalue weighted by molar-refractivity contribution is 0.0589. The van der Waals surface area contributed by atoms with E-state index in [0.29, 0.717) is 11.1 Å². The van der Waals surface area contributed by atoms with Gasteiger partial charge in [0.15, 0.2) is 0 Å². The van der Waals surface area contributed by atoms with Crippen LogP contribution >= 0.6 is 0 Å². The van der Waals surface area contributed by atoms with Crippen LogP contribution in [0.15, 0.2) is 77.9 Å². The number of benzene rings is 2. The molecule has 3 heterocycles. The number of imide groups is 1. The highest BCUT2D eigenvalue weighted by Crippen LogP contribution is 2.32. The number of carbonyl (C=O) groups excluding carboxylic acids is 2. The maximum atomic E-state index is 13.0. The van der Waals surface area contributed by atoms with Crippen molar-refractivity contribution >= 4 is 23.2 Å². The van der Waals surface area contributed by atoms with Gasteiger partial charge in [-0.1, -0.05) is 36.4 Å². The molecule has 0 saturated carbocycles. The van der Waals surface area contributed by atoms with Crippen LogP contribution in [0.25, 0.3) is 0 Å². The van der Waals surface area contributed by atoms with Crippen molar-refractivity contribution in [1.82, 2.24) is 9.88 Å². The predicted molar refractivity (Wildman–Crippen MR) is 110 cm³/mol. The number of benzodiazepines with no additional fused rings is 1. The van der Waals surface area contributed by atoms with Crippen molar-refractivity contribution < 1.29 is 9.59 Å². The number of fused-ring (bicyclic) bond motifs is 2. The van der Waals surface area contributed by atoms with Gasteiger partial charge in [0.05, 0.1) is 29.1 Å². The molecule has 5 rings (SSSR count). The molecule has 2 aromatic carbocycles. The van der Waals surface area contributed by atoms with Crippen molar-refractivity contribution in [2.45, 2.75) is 6.17 Å². The van der Waals surface area contributed by atoms with Crippen molar-refractivity contribution in [2.75, 3.05) is 18.5 Å². The van der Waals surface area contributed by atoms with Crippen LogP contribution in [0.1, 0.15) is 32.0 Å². The standard InChI is InChI=1S/C23H18N4O2/c1-26-19-12-5-4-10-17(19)21(18-11-6-7-13-24-18)25-14-20(26)27-22(28)15-8-2-3-9-16(15)23(27)29/h2-13,20H,14H2,1H3. The Balaban J connectivity index is 1.62. The van der Waals surface area contributed by atoms with Gasteiger partial charge in [-0.15, -0.1) is 0 Å². The molecule has 1 unspecified atom stereocenters. The number of para-hydroxylation sites is 1. The summed E-state index contributed by atoms with van der Waals surface area (Å²) >= 11 is 0. The molecule has 6 heteroatoms. The molecule has 0 radical (unpaired) electrons. The van der Waals surface area contributed by atoms with E-state index >= 15 is 0 Å². The Morgan fingerprint density at radius 2 is 1.45 bits per heavy atom. The second-order valence-corrected chi connectivity index (χ2v) is 7.04. The molecular formula is C23H18N4O2. The molecule has 1 aromatic heterocycles. The van der Waals surface area contributed by atoms with E-state index in [1.807, 2.05) is 54.4 Å². The van der Waals surface area contributed by atoms with Crippen LogP contribution in [0.5, 0.6) is 0 Å². The zero-order valence-corrected chi connectivity index (χ0v) is 15.8. The van der Waals surface area contributed by atoms with Gasteiger partial charge in [-0.05, 0) is 30.3 Å². The Bertz CT molecular complexity index is 1120. The fourth-order valence-electron chi connectivity index (χ4n) is 3.98. The first-order chi connectivity index (χ1) is 14.2. The lowest BCUT2D eigenvalue weighted by Gasteiger charge is -2.34. The Labute approximate surface area is 168 Å². The summed E-state index contributed by atoms with van der Waals surface area (Å²) in [5.41, 5.74) is 4.22. The molecule has 0 N–H and O–H groups in total. The number of hydrogen-bond acceptors (Lipinski definition) is 5. The van der Waals surface area contributed by atoms with Crippen LogP contribution in [0.3, 0.4) is 0 Å². The number of likely N-dealkylation sites (N-methyl/N-ethyl adjacent to an activating group) is 1. The van der Waals surface area contributed by atoms with Crippen LogP contribution in [-0.4, -0.2) is 47.2 Å². The van der Waals surface area contributed by atoms with E-state index < -0.39 is 6.17 Å². The summed E-state index contributed by atoms with van der Waals surface area (Å²) in [6, 6.07) is 20.5. The normalized spacial score (nSPS) is 18.2. The third-order valence-corrected chi connectivity index (χ3v) is 5.43. The van der Waals surface area contributed by atoms with Crippen molar-refractivity contribution in [3.63, 3.8) is 0 Å².